The van der Waals surface area contributed by atoms with Crippen LogP contribution in [-0.4, -0.2) is 103 Å². The lowest BCUT2D eigenvalue weighted by molar-refractivity contribution is -0.00507. The molecule has 11 heteroatoms. The Bertz CT molecular complexity index is 573. The second kappa shape index (κ2) is 35.5. The SMILES string of the molecule is CCCCCCCCCCCCNC(=O)NCCCCCCCNC(=O)NCCOCCOCCOCCOCCO. The van der Waals surface area contributed by atoms with Gasteiger partial charge in [0.1, 0.15) is 0 Å². The maximum Gasteiger partial charge on any atom is 0.314 e. The molecule has 0 heterocycles. The summed E-state index contributed by atoms with van der Waals surface area (Å²) < 4.78 is 21.2. The first-order chi connectivity index (χ1) is 20.7. The predicted octanol–water partition coefficient (Wildman–Crippen LogP) is 4.51. The molecule has 0 atom stereocenters. The molecule has 0 aromatic rings. The molecule has 42 heavy (non-hydrogen) atoms. The van der Waals surface area contributed by atoms with Crippen molar-refractivity contribution in [2.24, 2.45) is 0 Å². The van der Waals surface area contributed by atoms with E-state index >= 15 is 0 Å². The van der Waals surface area contributed by atoms with Gasteiger partial charge in [0.15, 0.2) is 0 Å². The number of hydrogen-bond acceptors (Lipinski definition) is 7. The molecular formula is C31H64N4O7. The number of carbonyl (C=O) groups is 2. The molecule has 0 radical (unpaired) electrons. The normalized spacial score (nSPS) is 11.0. The Morgan fingerprint density at radius 1 is 0.429 bits per heavy atom. The van der Waals surface area contributed by atoms with E-state index in [9.17, 15) is 9.59 Å². The van der Waals surface area contributed by atoms with E-state index in [-0.39, 0.29) is 18.7 Å². The van der Waals surface area contributed by atoms with Crippen molar-refractivity contribution >= 4 is 12.1 Å². The van der Waals surface area contributed by atoms with Crippen molar-refractivity contribution < 1.29 is 33.6 Å². The number of unbranched alkanes of at least 4 members (excludes halogenated alkanes) is 13. The van der Waals surface area contributed by atoms with Gasteiger partial charge in [-0.25, -0.2) is 9.59 Å². The third-order valence-corrected chi connectivity index (χ3v) is 6.62. The monoisotopic (exact) mass is 604 g/mol. The smallest absolute Gasteiger partial charge is 0.314 e. The van der Waals surface area contributed by atoms with Gasteiger partial charge in [-0.1, -0.05) is 84.0 Å². The van der Waals surface area contributed by atoms with E-state index in [1.807, 2.05) is 0 Å². The average molecular weight is 605 g/mol. The van der Waals surface area contributed by atoms with Crippen LogP contribution in [-0.2, 0) is 18.9 Å². The summed E-state index contributed by atoms with van der Waals surface area (Å²) in [6, 6.07) is -0.234. The summed E-state index contributed by atoms with van der Waals surface area (Å²) in [7, 11) is 0. The second-order valence-corrected chi connectivity index (χ2v) is 10.5. The number of hydrogen-bond donors (Lipinski definition) is 5. The predicted molar refractivity (Wildman–Crippen MR) is 168 cm³/mol. The zero-order chi connectivity index (χ0) is 30.6. The zero-order valence-electron chi connectivity index (χ0n) is 26.7. The van der Waals surface area contributed by atoms with Gasteiger partial charge in [0.05, 0.1) is 59.5 Å². The highest BCUT2D eigenvalue weighted by Gasteiger charge is 2.01. The molecule has 0 unspecified atom stereocenters. The lowest BCUT2D eigenvalue weighted by Gasteiger charge is -2.09. The van der Waals surface area contributed by atoms with E-state index in [1.165, 1.54) is 57.8 Å². The third kappa shape index (κ3) is 34.5. The maximum atomic E-state index is 11.9. The number of aliphatic hydroxyl groups is 1. The lowest BCUT2D eigenvalue weighted by Crippen LogP contribution is -2.37. The van der Waals surface area contributed by atoms with E-state index in [4.69, 9.17) is 24.1 Å². The van der Waals surface area contributed by atoms with Crippen molar-refractivity contribution in [1.82, 2.24) is 21.3 Å². The molecule has 0 aromatic heterocycles. The molecule has 0 rings (SSSR count). The van der Waals surface area contributed by atoms with Crippen LogP contribution in [0, 0.1) is 0 Å². The van der Waals surface area contributed by atoms with Gasteiger partial charge in [-0.2, -0.15) is 0 Å². The van der Waals surface area contributed by atoms with Crippen LogP contribution in [0.4, 0.5) is 9.59 Å². The summed E-state index contributed by atoms with van der Waals surface area (Å²) >= 11 is 0. The van der Waals surface area contributed by atoms with Gasteiger partial charge >= 0.3 is 12.1 Å². The van der Waals surface area contributed by atoms with E-state index in [2.05, 4.69) is 28.2 Å². The average Bonchev–Trinajstić information content (AvgIpc) is 2.99. The molecule has 0 aliphatic heterocycles. The minimum absolute atomic E-state index is 0.0200. The van der Waals surface area contributed by atoms with Gasteiger partial charge in [-0.15, -0.1) is 0 Å². The number of rotatable bonds is 33. The molecule has 0 aliphatic rings. The Morgan fingerprint density at radius 2 is 0.738 bits per heavy atom. The molecule has 11 nitrogen and oxygen atoms in total. The molecule has 0 aliphatic carbocycles. The van der Waals surface area contributed by atoms with Crippen LogP contribution in [0.25, 0.3) is 0 Å². The first-order valence-electron chi connectivity index (χ1n) is 16.7. The number of urea groups is 2. The second-order valence-electron chi connectivity index (χ2n) is 10.5. The molecule has 4 amide bonds. The van der Waals surface area contributed by atoms with Crippen LogP contribution in [0.2, 0.25) is 0 Å². The summed E-state index contributed by atoms with van der Waals surface area (Å²) in [6.45, 7) is 8.43. The fourth-order valence-corrected chi connectivity index (χ4v) is 4.19. The largest absolute Gasteiger partial charge is 0.394 e. The first kappa shape index (κ1) is 40.3. The number of aliphatic hydroxyl groups excluding tert-OH is 1. The Hall–Kier alpha value is -1.66. The van der Waals surface area contributed by atoms with Gasteiger partial charge in [0.25, 0.3) is 0 Å². The van der Waals surface area contributed by atoms with Crippen molar-refractivity contribution in [3.63, 3.8) is 0 Å². The van der Waals surface area contributed by atoms with E-state index in [0.29, 0.717) is 72.5 Å². The summed E-state index contributed by atoms with van der Waals surface area (Å²) in [6.07, 6.45) is 18.1. The van der Waals surface area contributed by atoms with Crippen molar-refractivity contribution in [3.8, 4) is 0 Å². The van der Waals surface area contributed by atoms with Crippen LogP contribution in [0.15, 0.2) is 0 Å². The zero-order valence-corrected chi connectivity index (χ0v) is 26.7. The minimum Gasteiger partial charge on any atom is -0.394 e. The van der Waals surface area contributed by atoms with Crippen LogP contribution in [0.1, 0.15) is 103 Å². The van der Waals surface area contributed by atoms with Crippen molar-refractivity contribution in [2.75, 3.05) is 85.6 Å². The van der Waals surface area contributed by atoms with Gasteiger partial charge in [0, 0.05) is 26.2 Å². The summed E-state index contributed by atoms with van der Waals surface area (Å²) in [5.74, 6) is 0. The Balaban J connectivity index is 3.24. The topological polar surface area (TPSA) is 139 Å². The maximum absolute atomic E-state index is 11.9. The molecule has 0 spiro atoms. The Morgan fingerprint density at radius 3 is 1.12 bits per heavy atom. The lowest BCUT2D eigenvalue weighted by atomic mass is 10.1. The van der Waals surface area contributed by atoms with Gasteiger partial charge in [0.2, 0.25) is 0 Å². The fourth-order valence-electron chi connectivity index (χ4n) is 4.19. The van der Waals surface area contributed by atoms with Crippen molar-refractivity contribution in [1.29, 1.82) is 0 Å². The molecule has 0 saturated heterocycles. The highest BCUT2D eigenvalue weighted by molar-refractivity contribution is 5.74. The molecule has 0 saturated carbocycles. The minimum atomic E-state index is -0.178. The van der Waals surface area contributed by atoms with Crippen molar-refractivity contribution in [3.05, 3.63) is 0 Å². The Labute approximate surface area is 255 Å². The third-order valence-electron chi connectivity index (χ3n) is 6.62. The van der Waals surface area contributed by atoms with Crippen LogP contribution >= 0.6 is 0 Å². The molecule has 0 aromatic carbocycles. The van der Waals surface area contributed by atoms with Crippen LogP contribution in [0.3, 0.4) is 0 Å². The number of ether oxygens (including phenoxy) is 4. The molecule has 5 N–H and O–H groups in total. The van der Waals surface area contributed by atoms with Gasteiger partial charge in [-0.05, 0) is 19.3 Å². The van der Waals surface area contributed by atoms with E-state index in [1.54, 1.807) is 0 Å². The number of amides is 4. The van der Waals surface area contributed by atoms with E-state index < -0.39 is 0 Å². The number of carbonyl (C=O) groups excluding carboxylic acids is 2. The molecule has 0 fully saturated rings. The van der Waals surface area contributed by atoms with Crippen LogP contribution in [0.5, 0.6) is 0 Å². The molecule has 250 valence electrons. The van der Waals surface area contributed by atoms with Gasteiger partial charge < -0.3 is 45.3 Å². The first-order valence-corrected chi connectivity index (χ1v) is 16.7. The Kier molecular flexibility index (Phi) is 34.1. The quantitative estimate of drug-likeness (QED) is 0.0695. The standard InChI is InChI=1S/C31H64N4O7/c1-2-3-4-5-6-7-8-9-11-14-17-32-30(37)33-18-15-12-10-13-16-19-34-31(38)35-20-22-39-24-26-41-28-29-42-27-25-40-23-21-36/h36H,2-29H2,1H3,(H2,32,33,37)(H2,34,35,38). The van der Waals surface area contributed by atoms with Gasteiger partial charge in [-0.3, -0.25) is 0 Å². The highest BCUT2D eigenvalue weighted by atomic mass is 16.6. The van der Waals surface area contributed by atoms with Crippen molar-refractivity contribution in [2.45, 2.75) is 103 Å². The molecular weight excluding hydrogens is 540 g/mol. The highest BCUT2D eigenvalue weighted by Crippen LogP contribution is 2.10. The fraction of sp³-hybridized carbons (Fsp3) is 0.935. The summed E-state index contributed by atoms with van der Waals surface area (Å²) in [5.41, 5.74) is 0. The summed E-state index contributed by atoms with van der Waals surface area (Å²) in [4.78, 5) is 23.7. The van der Waals surface area contributed by atoms with Crippen LogP contribution < -0.4 is 21.3 Å². The number of nitrogens with one attached hydrogen (secondary N) is 4. The summed E-state index contributed by atoms with van der Waals surface area (Å²) in [5, 5.41) is 20.1. The van der Waals surface area contributed by atoms with E-state index in [0.717, 1.165) is 45.1 Å². The molecule has 0 bridgehead atoms.